The van der Waals surface area contributed by atoms with Crippen molar-refractivity contribution in [2.75, 3.05) is 13.7 Å². The van der Waals surface area contributed by atoms with Gasteiger partial charge in [-0.25, -0.2) is 0 Å². The van der Waals surface area contributed by atoms with Gasteiger partial charge in [-0.2, -0.15) is 0 Å². The smallest absolute Gasteiger partial charge is 0.308 e. The summed E-state index contributed by atoms with van der Waals surface area (Å²) in [5, 5.41) is 11.6. The molecule has 0 amide bonds. The van der Waals surface area contributed by atoms with Crippen molar-refractivity contribution in [3.05, 3.63) is 0 Å². The normalized spacial score (nSPS) is 44.4. The number of methoxy groups -OCH3 is 1. The van der Waals surface area contributed by atoms with E-state index in [9.17, 15) is 19.5 Å². The molecule has 6 heteroatoms. The first-order chi connectivity index (χ1) is 16.1. The van der Waals surface area contributed by atoms with Gasteiger partial charge in [0.25, 0.3) is 0 Å². The van der Waals surface area contributed by atoms with Crippen LogP contribution in [0.5, 0.6) is 0 Å². The third-order valence-electron chi connectivity index (χ3n) is 11.0. The minimum atomic E-state index is -0.446. The number of carbonyl (C=O) groups is 3. The predicted molar refractivity (Wildman–Crippen MR) is 128 cm³/mol. The Labute approximate surface area is 204 Å². The van der Waals surface area contributed by atoms with Crippen LogP contribution in [-0.4, -0.2) is 42.6 Å². The van der Waals surface area contributed by atoms with E-state index in [0.29, 0.717) is 43.5 Å². The second kappa shape index (κ2) is 9.55. The summed E-state index contributed by atoms with van der Waals surface area (Å²) < 4.78 is 10.1. The molecule has 0 bridgehead atoms. The van der Waals surface area contributed by atoms with Crippen LogP contribution in [0, 0.1) is 52.3 Å². The van der Waals surface area contributed by atoms with Crippen molar-refractivity contribution in [1.29, 1.82) is 0 Å². The standard InChI is InChI=1S/C28H44O6/c1-6-34-26(32)17-11-12-27(3)18(13-17)14-22(29)25-20-9-8-19(16(2)7-10-24(31)33-5)28(20,4)23(30)15-21(25)27/h16-21,23,25,30H,6-15H2,1-5H3/t16-,17-,18+,19-,20+,21+,23+,25+,27-,28+/m0/s1. The fraction of sp³-hybridized carbons (Fsp3) is 0.893. The van der Waals surface area contributed by atoms with Crippen LogP contribution in [0.2, 0.25) is 0 Å². The molecule has 0 aromatic heterocycles. The molecule has 0 heterocycles. The average molecular weight is 477 g/mol. The zero-order valence-electron chi connectivity index (χ0n) is 21.7. The summed E-state index contributed by atoms with van der Waals surface area (Å²) in [6, 6.07) is 0. The number of fused-ring (bicyclic) bond motifs is 5. The first-order valence-corrected chi connectivity index (χ1v) is 13.5. The second-order valence-corrected chi connectivity index (χ2v) is 12.2. The highest BCUT2D eigenvalue weighted by molar-refractivity contribution is 5.84. The van der Waals surface area contributed by atoms with Gasteiger partial charge in [-0.3, -0.25) is 14.4 Å². The number of carbonyl (C=O) groups excluding carboxylic acids is 3. The topological polar surface area (TPSA) is 89.9 Å². The molecule has 4 aliphatic rings. The van der Waals surface area contributed by atoms with Crippen molar-refractivity contribution >= 4 is 17.7 Å². The van der Waals surface area contributed by atoms with Crippen LogP contribution in [-0.2, 0) is 23.9 Å². The molecule has 0 aliphatic heterocycles. The summed E-state index contributed by atoms with van der Waals surface area (Å²) in [5.74, 6) is 1.11. The van der Waals surface area contributed by atoms with Gasteiger partial charge >= 0.3 is 11.9 Å². The summed E-state index contributed by atoms with van der Waals surface area (Å²) in [4.78, 5) is 37.8. The zero-order valence-corrected chi connectivity index (χ0v) is 21.7. The maximum Gasteiger partial charge on any atom is 0.308 e. The van der Waals surface area contributed by atoms with E-state index < -0.39 is 6.10 Å². The van der Waals surface area contributed by atoms with Crippen molar-refractivity contribution in [2.24, 2.45) is 52.3 Å². The lowest BCUT2D eigenvalue weighted by Crippen LogP contribution is -2.61. The number of ketones is 1. The van der Waals surface area contributed by atoms with Crippen LogP contribution in [0.15, 0.2) is 0 Å². The van der Waals surface area contributed by atoms with Crippen molar-refractivity contribution in [2.45, 2.75) is 91.6 Å². The van der Waals surface area contributed by atoms with Crippen molar-refractivity contribution in [1.82, 2.24) is 0 Å². The van der Waals surface area contributed by atoms with Crippen molar-refractivity contribution in [3.8, 4) is 0 Å². The number of aliphatic hydroxyl groups excluding tert-OH is 1. The Balaban J connectivity index is 1.54. The quantitative estimate of drug-likeness (QED) is 0.565. The molecule has 4 aliphatic carbocycles. The molecule has 0 aromatic carbocycles. The van der Waals surface area contributed by atoms with E-state index in [4.69, 9.17) is 9.47 Å². The van der Waals surface area contributed by atoms with Gasteiger partial charge in [-0.15, -0.1) is 0 Å². The molecule has 6 nitrogen and oxygen atoms in total. The van der Waals surface area contributed by atoms with Gasteiger partial charge in [0.1, 0.15) is 5.78 Å². The molecule has 4 saturated carbocycles. The third-order valence-corrected chi connectivity index (χ3v) is 11.0. The van der Waals surface area contributed by atoms with E-state index in [-0.39, 0.29) is 52.4 Å². The van der Waals surface area contributed by atoms with Gasteiger partial charge in [0, 0.05) is 24.2 Å². The van der Waals surface area contributed by atoms with E-state index in [0.717, 1.165) is 38.5 Å². The van der Waals surface area contributed by atoms with Crippen LogP contribution in [0.4, 0.5) is 0 Å². The highest BCUT2D eigenvalue weighted by atomic mass is 16.5. The van der Waals surface area contributed by atoms with Gasteiger partial charge in [0.05, 0.1) is 25.7 Å². The Morgan fingerprint density at radius 3 is 2.56 bits per heavy atom. The lowest BCUT2D eigenvalue weighted by Gasteiger charge is -2.61. The zero-order chi connectivity index (χ0) is 24.8. The number of hydrogen-bond donors (Lipinski definition) is 1. The van der Waals surface area contributed by atoms with E-state index in [1.165, 1.54) is 7.11 Å². The van der Waals surface area contributed by atoms with Crippen LogP contribution in [0.3, 0.4) is 0 Å². The minimum absolute atomic E-state index is 0.00611. The summed E-state index contributed by atoms with van der Waals surface area (Å²) in [7, 11) is 1.42. The Hall–Kier alpha value is -1.43. The highest BCUT2D eigenvalue weighted by Crippen LogP contribution is 2.68. The number of esters is 2. The molecular weight excluding hydrogens is 432 g/mol. The molecule has 4 fully saturated rings. The second-order valence-electron chi connectivity index (χ2n) is 12.2. The predicted octanol–water partition coefficient (Wildman–Crippen LogP) is 4.56. The van der Waals surface area contributed by atoms with Gasteiger partial charge in [-0.05, 0) is 86.9 Å². The number of aliphatic hydroxyl groups is 1. The Kier molecular flexibility index (Phi) is 7.21. The van der Waals surface area contributed by atoms with Gasteiger partial charge < -0.3 is 14.6 Å². The number of hydrogen-bond acceptors (Lipinski definition) is 6. The van der Waals surface area contributed by atoms with E-state index >= 15 is 0 Å². The molecule has 0 radical (unpaired) electrons. The van der Waals surface area contributed by atoms with Crippen LogP contribution >= 0.6 is 0 Å². The average Bonchev–Trinajstić information content (AvgIpc) is 3.16. The molecule has 10 atom stereocenters. The summed E-state index contributed by atoms with van der Waals surface area (Å²) in [5.41, 5.74) is -0.309. The minimum Gasteiger partial charge on any atom is -0.469 e. The highest BCUT2D eigenvalue weighted by Gasteiger charge is 2.66. The molecule has 0 spiro atoms. The molecule has 192 valence electrons. The molecular formula is C28H44O6. The molecule has 1 N–H and O–H groups in total. The van der Waals surface area contributed by atoms with Gasteiger partial charge in [0.2, 0.25) is 0 Å². The summed E-state index contributed by atoms with van der Waals surface area (Å²) >= 11 is 0. The molecule has 0 saturated heterocycles. The van der Waals surface area contributed by atoms with Gasteiger partial charge in [0.15, 0.2) is 0 Å². The summed E-state index contributed by atoms with van der Waals surface area (Å²) in [6.45, 7) is 8.96. The number of rotatable bonds is 6. The Morgan fingerprint density at radius 2 is 1.88 bits per heavy atom. The van der Waals surface area contributed by atoms with Crippen LogP contribution in [0.1, 0.15) is 85.5 Å². The maximum absolute atomic E-state index is 13.7. The fourth-order valence-corrected chi connectivity index (χ4v) is 8.99. The van der Waals surface area contributed by atoms with Gasteiger partial charge in [-0.1, -0.05) is 20.8 Å². The molecule has 4 rings (SSSR count). The van der Waals surface area contributed by atoms with E-state index in [2.05, 4.69) is 20.8 Å². The number of Topliss-reactive ketones (excluding diaryl/α,β-unsaturated/α-hetero) is 1. The molecule has 0 aromatic rings. The monoisotopic (exact) mass is 476 g/mol. The summed E-state index contributed by atoms with van der Waals surface area (Å²) in [6.07, 6.45) is 6.37. The molecule has 0 unspecified atom stereocenters. The Bertz CT molecular complexity index is 809. The fourth-order valence-electron chi connectivity index (χ4n) is 8.99. The number of ether oxygens (including phenoxy) is 2. The SMILES string of the molecule is CCOC(=O)[C@H]1CC[C@@]2(C)[C@@H](CC(=O)[C@H]3[C@H]2C[C@@H](O)[C@@]2(C)[C@@H]3CC[C@H]2[C@@H](C)CCC(=O)OC)C1. The molecule has 34 heavy (non-hydrogen) atoms. The third kappa shape index (κ3) is 4.02. The largest absolute Gasteiger partial charge is 0.469 e. The van der Waals surface area contributed by atoms with E-state index in [1.54, 1.807) is 0 Å². The first-order valence-electron chi connectivity index (χ1n) is 13.5. The Morgan fingerprint density at radius 1 is 1.15 bits per heavy atom. The first kappa shape index (κ1) is 25.7. The van der Waals surface area contributed by atoms with Crippen molar-refractivity contribution in [3.63, 3.8) is 0 Å². The van der Waals surface area contributed by atoms with Crippen molar-refractivity contribution < 1.29 is 29.0 Å². The lowest BCUT2D eigenvalue weighted by molar-refractivity contribution is -0.183. The van der Waals surface area contributed by atoms with Crippen LogP contribution < -0.4 is 0 Å². The lowest BCUT2D eigenvalue weighted by atomic mass is 9.43. The van der Waals surface area contributed by atoms with E-state index in [1.807, 2.05) is 6.92 Å². The maximum atomic E-state index is 13.7. The van der Waals surface area contributed by atoms with Crippen LogP contribution in [0.25, 0.3) is 0 Å².